The number of nitrogens with zero attached hydrogens (tertiary/aromatic N) is 1. The summed E-state index contributed by atoms with van der Waals surface area (Å²) >= 11 is 0. The quantitative estimate of drug-likeness (QED) is 0.593. The second-order valence-corrected chi connectivity index (χ2v) is 7.73. The summed E-state index contributed by atoms with van der Waals surface area (Å²) in [6.45, 7) is 5.02. The molecule has 26 heavy (non-hydrogen) atoms. The van der Waals surface area contributed by atoms with Crippen molar-refractivity contribution in [3.63, 3.8) is 0 Å². The molecule has 0 aliphatic carbocycles. The van der Waals surface area contributed by atoms with E-state index in [-0.39, 0.29) is 22.2 Å². The molecule has 0 saturated carbocycles. The molecule has 0 radical (unpaired) electrons. The highest BCUT2D eigenvalue weighted by molar-refractivity contribution is 7.89. The van der Waals surface area contributed by atoms with Crippen molar-refractivity contribution in [2.75, 3.05) is 5.32 Å². The number of hydrogen-bond acceptors (Lipinski definition) is 5. The maximum Gasteiger partial charge on any atom is 0.273 e. The lowest BCUT2D eigenvalue weighted by atomic mass is 10.1. The van der Waals surface area contributed by atoms with Gasteiger partial charge in [0.05, 0.1) is 9.82 Å². The van der Waals surface area contributed by atoms with E-state index < -0.39 is 20.9 Å². The minimum absolute atomic E-state index is 0.0789. The van der Waals surface area contributed by atoms with E-state index in [1.54, 1.807) is 20.8 Å². The van der Waals surface area contributed by atoms with Gasteiger partial charge in [-0.1, -0.05) is 6.07 Å². The molecule has 2 aromatic carbocycles. The second kappa shape index (κ2) is 7.63. The van der Waals surface area contributed by atoms with Gasteiger partial charge >= 0.3 is 0 Å². The number of nitro groups is 1. The van der Waals surface area contributed by atoms with Crippen LogP contribution in [0.1, 0.15) is 29.8 Å². The normalized spacial score (nSPS) is 11.4. The smallest absolute Gasteiger partial charge is 0.273 e. The van der Waals surface area contributed by atoms with E-state index in [9.17, 15) is 23.3 Å². The lowest BCUT2D eigenvalue weighted by Crippen LogP contribution is -2.30. The summed E-state index contributed by atoms with van der Waals surface area (Å²) in [5.74, 6) is -0.524. The minimum atomic E-state index is -3.61. The zero-order chi connectivity index (χ0) is 19.5. The van der Waals surface area contributed by atoms with Crippen molar-refractivity contribution in [3.05, 3.63) is 63.7 Å². The standard InChI is InChI=1S/C17H19N3O5S/c1-11(2)19-26(24,25)15-8-6-14(7-9-15)18-17(21)13-5-4-12(3)16(10-13)20(22)23/h4-11,19H,1-3H3,(H,18,21). The summed E-state index contributed by atoms with van der Waals surface area (Å²) in [5.41, 5.74) is 0.833. The second-order valence-electron chi connectivity index (χ2n) is 6.01. The number of anilines is 1. The Bertz CT molecular complexity index is 937. The van der Waals surface area contributed by atoms with Crippen molar-refractivity contribution in [2.45, 2.75) is 31.7 Å². The molecular weight excluding hydrogens is 358 g/mol. The van der Waals surface area contributed by atoms with Crippen LogP contribution in [0.3, 0.4) is 0 Å². The number of sulfonamides is 1. The lowest BCUT2D eigenvalue weighted by Gasteiger charge is -2.10. The van der Waals surface area contributed by atoms with Gasteiger partial charge in [-0.15, -0.1) is 0 Å². The van der Waals surface area contributed by atoms with Crippen molar-refractivity contribution < 1.29 is 18.1 Å². The number of benzene rings is 2. The molecule has 2 aromatic rings. The molecule has 2 rings (SSSR count). The largest absolute Gasteiger partial charge is 0.322 e. The average Bonchev–Trinajstić information content (AvgIpc) is 2.54. The Hall–Kier alpha value is -2.78. The van der Waals surface area contributed by atoms with Crippen LogP contribution >= 0.6 is 0 Å². The molecule has 0 fully saturated rings. The number of nitrogens with one attached hydrogen (secondary N) is 2. The molecule has 0 spiro atoms. The van der Waals surface area contributed by atoms with E-state index in [2.05, 4.69) is 10.0 Å². The first-order chi connectivity index (χ1) is 12.1. The third-order valence-electron chi connectivity index (χ3n) is 3.48. The highest BCUT2D eigenvalue weighted by Crippen LogP contribution is 2.21. The lowest BCUT2D eigenvalue weighted by molar-refractivity contribution is -0.385. The predicted molar refractivity (Wildman–Crippen MR) is 97.7 cm³/mol. The van der Waals surface area contributed by atoms with E-state index in [0.29, 0.717) is 11.3 Å². The summed E-state index contributed by atoms with van der Waals surface area (Å²) in [7, 11) is -3.61. The van der Waals surface area contributed by atoms with Crippen LogP contribution in [0.15, 0.2) is 47.4 Å². The van der Waals surface area contributed by atoms with Crippen molar-refractivity contribution in [1.82, 2.24) is 4.72 Å². The van der Waals surface area contributed by atoms with Gasteiger partial charge in [-0.3, -0.25) is 14.9 Å². The maximum atomic E-state index is 12.3. The third kappa shape index (κ3) is 4.64. The minimum Gasteiger partial charge on any atom is -0.322 e. The summed E-state index contributed by atoms with van der Waals surface area (Å²) in [6.07, 6.45) is 0. The molecule has 0 heterocycles. The molecule has 0 aromatic heterocycles. The van der Waals surface area contributed by atoms with Crippen molar-refractivity contribution in [3.8, 4) is 0 Å². The molecule has 0 bridgehead atoms. The first kappa shape index (κ1) is 19.5. The third-order valence-corrected chi connectivity index (χ3v) is 5.16. The van der Waals surface area contributed by atoms with E-state index in [0.717, 1.165) is 0 Å². The fourth-order valence-corrected chi connectivity index (χ4v) is 3.50. The van der Waals surface area contributed by atoms with Crippen LogP contribution in [0.25, 0.3) is 0 Å². The molecule has 0 saturated heterocycles. The number of hydrogen-bond donors (Lipinski definition) is 2. The summed E-state index contributed by atoms with van der Waals surface area (Å²) in [6, 6.07) is 9.61. The first-order valence-electron chi connectivity index (χ1n) is 7.79. The highest BCUT2D eigenvalue weighted by atomic mass is 32.2. The summed E-state index contributed by atoms with van der Waals surface area (Å²) < 4.78 is 26.6. The summed E-state index contributed by atoms with van der Waals surface area (Å²) in [5, 5.41) is 13.6. The molecule has 2 N–H and O–H groups in total. The molecule has 1 amide bonds. The summed E-state index contributed by atoms with van der Waals surface area (Å²) in [4.78, 5) is 22.8. The van der Waals surface area contributed by atoms with E-state index in [1.165, 1.54) is 42.5 Å². The van der Waals surface area contributed by atoms with Gasteiger partial charge in [0.25, 0.3) is 11.6 Å². The van der Waals surface area contributed by atoms with E-state index in [4.69, 9.17) is 0 Å². The van der Waals surface area contributed by atoms with Gasteiger partial charge in [0.1, 0.15) is 0 Å². The first-order valence-corrected chi connectivity index (χ1v) is 9.27. The molecule has 138 valence electrons. The van der Waals surface area contributed by atoms with Crippen LogP contribution in [0.5, 0.6) is 0 Å². The monoisotopic (exact) mass is 377 g/mol. The van der Waals surface area contributed by atoms with Crippen molar-refractivity contribution in [2.24, 2.45) is 0 Å². The topological polar surface area (TPSA) is 118 Å². The van der Waals surface area contributed by atoms with E-state index in [1.807, 2.05) is 0 Å². The van der Waals surface area contributed by atoms with E-state index >= 15 is 0 Å². The maximum absolute atomic E-state index is 12.3. The Kier molecular flexibility index (Phi) is 5.73. The molecule has 0 aliphatic heterocycles. The Balaban J connectivity index is 2.18. The van der Waals surface area contributed by atoms with Gasteiger partial charge in [-0.2, -0.15) is 0 Å². The van der Waals surface area contributed by atoms with Gasteiger partial charge in [-0.25, -0.2) is 13.1 Å². The van der Waals surface area contributed by atoms with Crippen molar-refractivity contribution in [1.29, 1.82) is 0 Å². The van der Waals surface area contributed by atoms with Crippen LogP contribution < -0.4 is 10.0 Å². The number of carbonyl (C=O) groups is 1. The number of carbonyl (C=O) groups excluding carboxylic acids is 1. The Morgan fingerprint density at radius 1 is 1.12 bits per heavy atom. The molecule has 0 unspecified atom stereocenters. The molecular formula is C17H19N3O5S. The van der Waals surface area contributed by atoms with Gasteiger partial charge < -0.3 is 5.32 Å². The zero-order valence-corrected chi connectivity index (χ0v) is 15.3. The van der Waals surface area contributed by atoms with Gasteiger partial charge in [-0.05, 0) is 51.1 Å². The fourth-order valence-electron chi connectivity index (χ4n) is 2.25. The highest BCUT2D eigenvalue weighted by Gasteiger charge is 2.17. The zero-order valence-electron chi connectivity index (χ0n) is 14.5. The Labute approximate surface area is 151 Å². The van der Waals surface area contributed by atoms with Gasteiger partial charge in [0.2, 0.25) is 10.0 Å². The number of amides is 1. The van der Waals surface area contributed by atoms with Gasteiger partial charge in [0, 0.05) is 28.9 Å². The number of aryl methyl sites for hydroxylation is 1. The molecule has 0 atom stereocenters. The number of nitro benzene ring substituents is 1. The van der Waals surface area contributed by atoms with Gasteiger partial charge in [0.15, 0.2) is 0 Å². The average molecular weight is 377 g/mol. The van der Waals surface area contributed by atoms with Crippen LogP contribution in [-0.4, -0.2) is 25.3 Å². The van der Waals surface area contributed by atoms with Crippen LogP contribution in [0.2, 0.25) is 0 Å². The molecule has 9 heteroatoms. The fraction of sp³-hybridized carbons (Fsp3) is 0.235. The Morgan fingerprint density at radius 3 is 2.27 bits per heavy atom. The molecule has 0 aliphatic rings. The van der Waals surface area contributed by atoms with Crippen LogP contribution in [-0.2, 0) is 10.0 Å². The SMILES string of the molecule is Cc1ccc(C(=O)Nc2ccc(S(=O)(=O)NC(C)C)cc2)cc1[N+](=O)[O-]. The number of rotatable bonds is 6. The van der Waals surface area contributed by atoms with Crippen molar-refractivity contribution >= 4 is 27.3 Å². The molecule has 8 nitrogen and oxygen atoms in total. The van der Waals surface area contributed by atoms with Crippen LogP contribution in [0, 0.1) is 17.0 Å². The van der Waals surface area contributed by atoms with Crippen LogP contribution in [0.4, 0.5) is 11.4 Å². The predicted octanol–water partition coefficient (Wildman–Crippen LogP) is 2.84. The Morgan fingerprint density at radius 2 is 1.73 bits per heavy atom.